The molecule has 1 aliphatic heterocycles. The zero-order chi connectivity index (χ0) is 22.0. The molecule has 0 aliphatic carbocycles. The molecule has 3 heterocycles. The fraction of sp³-hybridized carbons (Fsp3) is 0.458. The lowest BCUT2D eigenvalue weighted by atomic mass is 10.1. The summed E-state index contributed by atoms with van der Waals surface area (Å²) in [5, 5.41) is 4.60. The Bertz CT molecular complexity index is 1070. The lowest BCUT2D eigenvalue weighted by Gasteiger charge is -2.19. The van der Waals surface area contributed by atoms with E-state index in [0.29, 0.717) is 18.7 Å². The van der Waals surface area contributed by atoms with Crippen molar-refractivity contribution in [2.24, 2.45) is 0 Å². The smallest absolute Gasteiger partial charge is 0.253 e. The van der Waals surface area contributed by atoms with Gasteiger partial charge in [0, 0.05) is 29.2 Å². The topological polar surface area (TPSA) is 61.4 Å². The second-order valence-electron chi connectivity index (χ2n) is 8.11. The van der Waals surface area contributed by atoms with E-state index >= 15 is 0 Å². The minimum atomic E-state index is 0.0678. The molecule has 7 heteroatoms. The summed E-state index contributed by atoms with van der Waals surface area (Å²) in [6, 6.07) is 7.69. The second-order valence-corrected chi connectivity index (χ2v) is 9.32. The molecule has 164 valence electrons. The molecule has 1 aromatic carbocycles. The quantitative estimate of drug-likeness (QED) is 0.555. The molecule has 4 rings (SSSR count). The number of hydrogen-bond donors (Lipinski definition) is 1. The number of benzene rings is 1. The number of aryl methyl sites for hydroxylation is 2. The van der Waals surface area contributed by atoms with Crippen LogP contribution in [0.2, 0.25) is 0 Å². The van der Waals surface area contributed by atoms with Crippen LogP contribution in [0.15, 0.2) is 24.3 Å². The lowest BCUT2D eigenvalue weighted by molar-refractivity contribution is 0.0773. The summed E-state index contributed by atoms with van der Waals surface area (Å²) in [4.78, 5) is 28.9. The molecule has 1 amide bonds. The van der Waals surface area contributed by atoms with Gasteiger partial charge >= 0.3 is 0 Å². The van der Waals surface area contributed by atoms with Crippen LogP contribution < -0.4 is 5.32 Å². The van der Waals surface area contributed by atoms with Gasteiger partial charge in [-0.25, -0.2) is 9.97 Å². The van der Waals surface area contributed by atoms with E-state index in [0.717, 1.165) is 47.2 Å². The maximum absolute atomic E-state index is 12.6. The average Bonchev–Trinajstić information content (AvgIpc) is 3.37. The molecule has 1 N–H and O–H groups in total. The zero-order valence-electron chi connectivity index (χ0n) is 18.9. The summed E-state index contributed by atoms with van der Waals surface area (Å²) in [6.45, 7) is 12.7. The van der Waals surface area contributed by atoms with Crippen molar-refractivity contribution in [1.29, 1.82) is 0 Å². The fourth-order valence-electron chi connectivity index (χ4n) is 4.12. The number of fused-ring (bicyclic) bond motifs is 1. The van der Waals surface area contributed by atoms with Gasteiger partial charge in [-0.1, -0.05) is 0 Å². The Morgan fingerprint density at radius 2 is 1.77 bits per heavy atom. The third kappa shape index (κ3) is 4.57. The lowest BCUT2D eigenvalue weighted by Crippen LogP contribution is -2.30. The fourth-order valence-corrected chi connectivity index (χ4v) is 5.17. The first-order valence-corrected chi connectivity index (χ1v) is 12.0. The van der Waals surface area contributed by atoms with Gasteiger partial charge in [0.25, 0.3) is 5.91 Å². The van der Waals surface area contributed by atoms with E-state index in [1.54, 1.807) is 11.3 Å². The number of rotatable bonds is 7. The molecule has 0 atom stereocenters. The standard InChI is InChI=1S/C24H31N5OS/c1-5-29(6-2)24(30)18-9-11-19(12-10-18)25-22-21-16(3)17(4)31-23(21)27-20(26-22)15-28-13-7-8-14-28/h9-12H,5-8,13-15H2,1-4H3,(H,25,26,27). The van der Waals surface area contributed by atoms with Gasteiger partial charge in [0.1, 0.15) is 16.5 Å². The van der Waals surface area contributed by atoms with E-state index < -0.39 is 0 Å². The van der Waals surface area contributed by atoms with E-state index in [-0.39, 0.29) is 5.91 Å². The maximum atomic E-state index is 12.6. The predicted octanol–water partition coefficient (Wildman–Crippen LogP) is 5.13. The molecule has 0 saturated carbocycles. The minimum Gasteiger partial charge on any atom is -0.340 e. The number of amides is 1. The normalized spacial score (nSPS) is 14.3. The van der Waals surface area contributed by atoms with Gasteiger partial charge in [0.2, 0.25) is 0 Å². The molecular formula is C24H31N5OS. The van der Waals surface area contributed by atoms with Crippen LogP contribution in [0, 0.1) is 13.8 Å². The Morgan fingerprint density at radius 1 is 1.10 bits per heavy atom. The van der Waals surface area contributed by atoms with Crippen LogP contribution in [-0.2, 0) is 6.54 Å². The third-order valence-electron chi connectivity index (χ3n) is 6.08. The highest BCUT2D eigenvalue weighted by atomic mass is 32.1. The van der Waals surface area contributed by atoms with Crippen LogP contribution in [0.3, 0.4) is 0 Å². The minimum absolute atomic E-state index is 0.0678. The molecule has 0 bridgehead atoms. The molecule has 1 aliphatic rings. The van der Waals surface area contributed by atoms with Crippen molar-refractivity contribution < 1.29 is 4.79 Å². The summed E-state index contributed by atoms with van der Waals surface area (Å²) < 4.78 is 0. The van der Waals surface area contributed by atoms with Crippen LogP contribution in [0.25, 0.3) is 10.2 Å². The molecule has 3 aromatic rings. The summed E-state index contributed by atoms with van der Waals surface area (Å²) in [5.41, 5.74) is 2.86. The third-order valence-corrected chi connectivity index (χ3v) is 7.19. The van der Waals surface area contributed by atoms with Crippen LogP contribution in [0.5, 0.6) is 0 Å². The first-order valence-electron chi connectivity index (χ1n) is 11.2. The monoisotopic (exact) mass is 437 g/mol. The highest BCUT2D eigenvalue weighted by molar-refractivity contribution is 7.18. The number of anilines is 2. The molecule has 0 spiro atoms. The number of nitrogens with zero attached hydrogens (tertiary/aromatic N) is 4. The SMILES string of the molecule is CCN(CC)C(=O)c1ccc(Nc2nc(CN3CCCC3)nc3sc(C)c(C)c23)cc1. The highest BCUT2D eigenvalue weighted by Gasteiger charge is 2.18. The van der Waals surface area contributed by atoms with Crippen LogP contribution >= 0.6 is 11.3 Å². The first-order chi connectivity index (χ1) is 15.0. The molecule has 1 saturated heterocycles. The number of likely N-dealkylation sites (tertiary alicyclic amines) is 1. The Hall–Kier alpha value is -2.51. The number of aromatic nitrogens is 2. The maximum Gasteiger partial charge on any atom is 0.253 e. The van der Waals surface area contributed by atoms with E-state index in [2.05, 4.69) is 24.1 Å². The van der Waals surface area contributed by atoms with Gasteiger partial charge in [-0.05, 0) is 83.5 Å². The second kappa shape index (κ2) is 9.32. The van der Waals surface area contributed by atoms with Crippen LogP contribution in [0.1, 0.15) is 53.3 Å². The molecule has 0 radical (unpaired) electrons. The highest BCUT2D eigenvalue weighted by Crippen LogP contribution is 2.35. The van der Waals surface area contributed by atoms with Gasteiger partial charge in [-0.15, -0.1) is 11.3 Å². The van der Waals surface area contributed by atoms with Crippen molar-refractivity contribution in [3.8, 4) is 0 Å². The molecular weight excluding hydrogens is 406 g/mol. The van der Waals surface area contributed by atoms with E-state index in [1.807, 2.05) is 43.0 Å². The number of carbonyl (C=O) groups is 1. The van der Waals surface area contributed by atoms with Crippen molar-refractivity contribution >= 4 is 39.0 Å². The molecule has 6 nitrogen and oxygen atoms in total. The number of thiophene rings is 1. The largest absolute Gasteiger partial charge is 0.340 e. The number of nitrogens with one attached hydrogen (secondary N) is 1. The summed E-state index contributed by atoms with van der Waals surface area (Å²) >= 11 is 1.73. The summed E-state index contributed by atoms with van der Waals surface area (Å²) in [5.74, 6) is 1.79. The zero-order valence-corrected chi connectivity index (χ0v) is 19.7. The van der Waals surface area contributed by atoms with E-state index in [9.17, 15) is 4.79 Å². The Labute approximate surface area is 188 Å². The summed E-state index contributed by atoms with van der Waals surface area (Å²) in [7, 11) is 0. The van der Waals surface area contributed by atoms with Crippen molar-refractivity contribution in [3.63, 3.8) is 0 Å². The molecule has 31 heavy (non-hydrogen) atoms. The molecule has 2 aromatic heterocycles. The Balaban J connectivity index is 1.62. The van der Waals surface area contributed by atoms with Crippen molar-refractivity contribution in [2.45, 2.75) is 47.1 Å². The van der Waals surface area contributed by atoms with Gasteiger partial charge in [0.15, 0.2) is 0 Å². The Kier molecular flexibility index (Phi) is 6.53. The van der Waals surface area contributed by atoms with Gasteiger partial charge in [0.05, 0.1) is 11.9 Å². The van der Waals surface area contributed by atoms with Gasteiger partial charge in [-0.3, -0.25) is 9.69 Å². The van der Waals surface area contributed by atoms with Crippen molar-refractivity contribution in [2.75, 3.05) is 31.5 Å². The van der Waals surface area contributed by atoms with Gasteiger partial charge < -0.3 is 10.2 Å². The van der Waals surface area contributed by atoms with Crippen LogP contribution in [-0.4, -0.2) is 51.9 Å². The van der Waals surface area contributed by atoms with Crippen LogP contribution in [0.4, 0.5) is 11.5 Å². The van der Waals surface area contributed by atoms with Crippen molar-refractivity contribution in [3.05, 3.63) is 46.1 Å². The predicted molar refractivity (Wildman–Crippen MR) is 128 cm³/mol. The van der Waals surface area contributed by atoms with Gasteiger partial charge in [-0.2, -0.15) is 0 Å². The molecule has 0 unspecified atom stereocenters. The first kappa shape index (κ1) is 21.7. The van der Waals surface area contributed by atoms with E-state index in [4.69, 9.17) is 9.97 Å². The average molecular weight is 438 g/mol. The Morgan fingerprint density at radius 3 is 2.42 bits per heavy atom. The summed E-state index contributed by atoms with van der Waals surface area (Å²) in [6.07, 6.45) is 2.51. The van der Waals surface area contributed by atoms with Crippen molar-refractivity contribution in [1.82, 2.24) is 19.8 Å². The van der Waals surface area contributed by atoms with E-state index in [1.165, 1.54) is 23.3 Å². The number of hydrogen-bond acceptors (Lipinski definition) is 6. The number of carbonyl (C=O) groups excluding carboxylic acids is 1. The molecule has 1 fully saturated rings.